The lowest BCUT2D eigenvalue weighted by Gasteiger charge is -2.08. The number of halogens is 4. The lowest BCUT2D eigenvalue weighted by atomic mass is 10.1. The van der Waals surface area contributed by atoms with Gasteiger partial charge in [-0.1, -0.05) is 65.9 Å². The fourth-order valence-electron chi connectivity index (χ4n) is 3.87. The molecule has 0 aliphatic carbocycles. The van der Waals surface area contributed by atoms with Gasteiger partial charge in [-0.3, -0.25) is 0 Å². The first-order chi connectivity index (χ1) is 17.9. The monoisotopic (exact) mass is 525 g/mol. The predicted octanol–water partition coefficient (Wildman–Crippen LogP) is 7.84. The Hall–Kier alpha value is -4.18. The van der Waals surface area contributed by atoms with Gasteiger partial charge >= 0.3 is 13.2 Å². The molecule has 0 N–H and O–H groups in total. The summed E-state index contributed by atoms with van der Waals surface area (Å²) in [6, 6.07) is 23.9. The number of thiazole rings is 1. The highest BCUT2D eigenvalue weighted by Crippen LogP contribution is 2.35. The summed E-state index contributed by atoms with van der Waals surface area (Å²) in [6.45, 7) is -3.98. The molecule has 5 nitrogen and oxygen atoms in total. The SMILES string of the molecule is Cc1sc(-n2nc(-c3cccc(OC(F)F)c3)cc2-c2cccc(OC(F)F)c2)nc1-c1ccccc1. The summed E-state index contributed by atoms with van der Waals surface area (Å²) in [7, 11) is 0. The quantitative estimate of drug-likeness (QED) is 0.194. The Kier molecular flexibility index (Phi) is 6.91. The van der Waals surface area contributed by atoms with Crippen molar-refractivity contribution in [3.8, 4) is 50.4 Å². The highest BCUT2D eigenvalue weighted by atomic mass is 32.1. The average molecular weight is 526 g/mol. The first-order valence-electron chi connectivity index (χ1n) is 11.1. The highest BCUT2D eigenvalue weighted by Gasteiger charge is 2.19. The molecule has 5 rings (SSSR count). The maximum Gasteiger partial charge on any atom is 0.387 e. The normalized spacial score (nSPS) is 11.3. The Bertz CT molecular complexity index is 1520. The Morgan fingerprint density at radius 3 is 1.97 bits per heavy atom. The number of hydrogen-bond acceptors (Lipinski definition) is 5. The van der Waals surface area contributed by atoms with E-state index >= 15 is 0 Å². The standard InChI is InChI=1S/C27H19F4N3O2S/c1-16-24(17-7-3-2-4-8-17)32-27(37-16)34-23(19-10-6-12-21(14-19)36-26(30)31)15-22(33-34)18-9-5-11-20(13-18)35-25(28)29/h2-15,25-26H,1H3. The summed E-state index contributed by atoms with van der Waals surface area (Å²) in [5.74, 6) is -0.0122. The summed E-state index contributed by atoms with van der Waals surface area (Å²) >= 11 is 1.42. The van der Waals surface area contributed by atoms with Crippen LogP contribution in [0.15, 0.2) is 84.9 Å². The average Bonchev–Trinajstić information content (AvgIpc) is 3.48. The van der Waals surface area contributed by atoms with E-state index in [9.17, 15) is 17.6 Å². The Morgan fingerprint density at radius 1 is 0.730 bits per heavy atom. The zero-order chi connectivity index (χ0) is 25.9. The summed E-state index contributed by atoms with van der Waals surface area (Å²) in [5, 5.41) is 5.27. The van der Waals surface area contributed by atoms with E-state index in [1.807, 2.05) is 37.3 Å². The van der Waals surface area contributed by atoms with E-state index in [-0.39, 0.29) is 11.5 Å². The number of benzene rings is 3. The van der Waals surface area contributed by atoms with Crippen LogP contribution in [0.4, 0.5) is 17.6 Å². The highest BCUT2D eigenvalue weighted by molar-refractivity contribution is 7.14. The molecule has 10 heteroatoms. The van der Waals surface area contributed by atoms with Crippen LogP contribution in [0, 0.1) is 6.92 Å². The van der Waals surface area contributed by atoms with Gasteiger partial charge < -0.3 is 9.47 Å². The van der Waals surface area contributed by atoms with Crippen LogP contribution in [0.25, 0.3) is 38.9 Å². The van der Waals surface area contributed by atoms with Gasteiger partial charge in [0.25, 0.3) is 0 Å². The van der Waals surface area contributed by atoms with E-state index in [0.717, 1.165) is 16.1 Å². The van der Waals surface area contributed by atoms with Crippen molar-refractivity contribution in [1.82, 2.24) is 14.8 Å². The van der Waals surface area contributed by atoms with Crippen LogP contribution in [0.1, 0.15) is 4.88 Å². The number of aryl methyl sites for hydroxylation is 1. The van der Waals surface area contributed by atoms with E-state index in [0.29, 0.717) is 27.6 Å². The fraction of sp³-hybridized carbons (Fsp3) is 0.111. The van der Waals surface area contributed by atoms with Crippen molar-refractivity contribution in [2.24, 2.45) is 0 Å². The molecule has 0 atom stereocenters. The summed E-state index contributed by atoms with van der Waals surface area (Å²) in [4.78, 5) is 5.78. The fourth-order valence-corrected chi connectivity index (χ4v) is 4.77. The minimum absolute atomic E-state index is 0.00516. The van der Waals surface area contributed by atoms with Gasteiger partial charge in [0.1, 0.15) is 11.5 Å². The Balaban J connectivity index is 1.64. The van der Waals surface area contributed by atoms with Crippen LogP contribution in [0.5, 0.6) is 11.5 Å². The molecule has 0 saturated heterocycles. The van der Waals surface area contributed by atoms with Crippen LogP contribution in [0.2, 0.25) is 0 Å². The maximum atomic E-state index is 12.8. The van der Waals surface area contributed by atoms with E-state index < -0.39 is 13.2 Å². The lowest BCUT2D eigenvalue weighted by molar-refractivity contribution is -0.0505. The largest absolute Gasteiger partial charge is 0.435 e. The molecule has 5 aromatic rings. The van der Waals surface area contributed by atoms with Crippen LogP contribution >= 0.6 is 11.3 Å². The molecule has 0 aliphatic heterocycles. The second kappa shape index (κ2) is 10.4. The van der Waals surface area contributed by atoms with E-state index in [4.69, 9.17) is 10.1 Å². The number of hydrogen-bond donors (Lipinski definition) is 0. The van der Waals surface area contributed by atoms with Gasteiger partial charge in [0.15, 0.2) is 0 Å². The number of nitrogens with zero attached hydrogens (tertiary/aromatic N) is 3. The Morgan fingerprint density at radius 2 is 1.32 bits per heavy atom. The molecule has 37 heavy (non-hydrogen) atoms. The number of rotatable bonds is 8. The molecule has 0 aliphatic rings. The van der Waals surface area contributed by atoms with Crippen LogP contribution in [-0.2, 0) is 0 Å². The first-order valence-corrected chi connectivity index (χ1v) is 11.9. The molecule has 2 aromatic heterocycles. The van der Waals surface area contributed by atoms with Crippen molar-refractivity contribution in [2.45, 2.75) is 20.1 Å². The summed E-state index contributed by atoms with van der Waals surface area (Å²) in [5.41, 5.74) is 3.86. The molecule has 0 radical (unpaired) electrons. The van der Waals surface area contributed by atoms with Crippen LogP contribution < -0.4 is 9.47 Å². The molecule has 0 unspecified atom stereocenters. The number of aromatic nitrogens is 3. The minimum atomic E-state index is -2.97. The molecule has 0 saturated carbocycles. The van der Waals surface area contributed by atoms with Gasteiger partial charge in [-0.05, 0) is 37.3 Å². The van der Waals surface area contributed by atoms with Crippen molar-refractivity contribution >= 4 is 11.3 Å². The summed E-state index contributed by atoms with van der Waals surface area (Å²) < 4.78 is 61.9. The molecule has 0 amide bonds. The third-order valence-corrected chi connectivity index (χ3v) is 6.38. The van der Waals surface area contributed by atoms with Crippen molar-refractivity contribution in [1.29, 1.82) is 0 Å². The zero-order valence-electron chi connectivity index (χ0n) is 19.3. The third kappa shape index (κ3) is 5.49. The van der Waals surface area contributed by atoms with E-state index in [1.54, 1.807) is 35.0 Å². The summed E-state index contributed by atoms with van der Waals surface area (Å²) in [6.07, 6.45) is 0. The molecule has 188 valence electrons. The van der Waals surface area contributed by atoms with E-state index in [2.05, 4.69) is 9.47 Å². The number of alkyl halides is 4. The first kappa shape index (κ1) is 24.5. The van der Waals surface area contributed by atoms with Gasteiger partial charge in [-0.2, -0.15) is 22.7 Å². The number of ether oxygens (including phenoxy) is 2. The minimum Gasteiger partial charge on any atom is -0.435 e. The second-order valence-corrected chi connectivity index (χ2v) is 9.09. The van der Waals surface area contributed by atoms with Crippen molar-refractivity contribution in [2.75, 3.05) is 0 Å². The van der Waals surface area contributed by atoms with Gasteiger partial charge in [0.05, 0.1) is 17.1 Å². The van der Waals surface area contributed by atoms with Crippen molar-refractivity contribution in [3.05, 3.63) is 89.8 Å². The lowest BCUT2D eigenvalue weighted by Crippen LogP contribution is -2.02. The smallest absolute Gasteiger partial charge is 0.387 e. The van der Waals surface area contributed by atoms with Crippen molar-refractivity contribution in [3.63, 3.8) is 0 Å². The predicted molar refractivity (Wildman–Crippen MR) is 134 cm³/mol. The third-order valence-electron chi connectivity index (χ3n) is 5.43. The molecule has 2 heterocycles. The molecule has 3 aromatic carbocycles. The Labute approximate surface area is 213 Å². The van der Waals surface area contributed by atoms with Crippen molar-refractivity contribution < 1.29 is 27.0 Å². The topological polar surface area (TPSA) is 49.2 Å². The molecule has 0 fully saturated rings. The van der Waals surface area contributed by atoms with Gasteiger partial charge in [0.2, 0.25) is 5.13 Å². The molecule has 0 bridgehead atoms. The van der Waals surface area contributed by atoms with Crippen LogP contribution in [0.3, 0.4) is 0 Å². The van der Waals surface area contributed by atoms with Gasteiger partial charge in [-0.15, -0.1) is 0 Å². The molecule has 0 spiro atoms. The maximum absolute atomic E-state index is 12.8. The zero-order valence-corrected chi connectivity index (χ0v) is 20.1. The van der Waals surface area contributed by atoms with E-state index in [1.165, 1.54) is 35.6 Å². The van der Waals surface area contributed by atoms with Crippen LogP contribution in [-0.4, -0.2) is 28.0 Å². The second-order valence-electron chi connectivity index (χ2n) is 7.91. The molecular weight excluding hydrogens is 506 g/mol. The molecular formula is C27H19F4N3O2S. The van der Waals surface area contributed by atoms with Gasteiger partial charge in [-0.25, -0.2) is 9.67 Å². The van der Waals surface area contributed by atoms with Gasteiger partial charge in [0, 0.05) is 21.6 Å².